The van der Waals surface area contributed by atoms with Crippen LogP contribution in [0.3, 0.4) is 0 Å². The molecule has 1 heterocycles. The summed E-state index contributed by atoms with van der Waals surface area (Å²) in [4.78, 5) is 12.7. The lowest BCUT2D eigenvalue weighted by Gasteiger charge is -2.05. The van der Waals surface area contributed by atoms with Crippen molar-refractivity contribution in [1.29, 1.82) is 0 Å². The number of hydrogen-bond acceptors (Lipinski definition) is 3. The zero-order valence-electron chi connectivity index (χ0n) is 10.6. The summed E-state index contributed by atoms with van der Waals surface area (Å²) in [5, 5.41) is 13.6. The summed E-state index contributed by atoms with van der Waals surface area (Å²) < 4.78 is 0. The van der Waals surface area contributed by atoms with Crippen LogP contribution < -0.4 is 5.32 Å². The van der Waals surface area contributed by atoms with Crippen LogP contribution in [0.25, 0.3) is 0 Å². The first kappa shape index (κ1) is 13.1. The van der Waals surface area contributed by atoms with Crippen molar-refractivity contribution < 1.29 is 9.90 Å². The van der Waals surface area contributed by atoms with Gasteiger partial charge in [-0.3, -0.25) is 4.79 Å². The van der Waals surface area contributed by atoms with Crippen LogP contribution in [0.1, 0.15) is 41.9 Å². The van der Waals surface area contributed by atoms with Gasteiger partial charge in [-0.2, -0.15) is 0 Å². The summed E-state index contributed by atoms with van der Waals surface area (Å²) in [5.41, 5.74) is 0.986. The fourth-order valence-corrected chi connectivity index (χ4v) is 2.49. The molecule has 1 aromatic rings. The highest BCUT2D eigenvalue weighted by atomic mass is 32.1. The number of thiophene rings is 1. The van der Waals surface area contributed by atoms with Crippen molar-refractivity contribution in [2.24, 2.45) is 5.41 Å². The molecule has 0 aliphatic heterocycles. The maximum Gasteiger partial charge on any atom is 0.262 e. The summed E-state index contributed by atoms with van der Waals surface area (Å²) >= 11 is 1.41. The molecule has 1 saturated carbocycles. The van der Waals surface area contributed by atoms with Gasteiger partial charge < -0.3 is 10.4 Å². The van der Waals surface area contributed by atoms with Gasteiger partial charge in [0.05, 0.1) is 6.61 Å². The van der Waals surface area contributed by atoms with E-state index in [-0.39, 0.29) is 24.0 Å². The first-order valence-corrected chi connectivity index (χ1v) is 6.90. The van der Waals surface area contributed by atoms with Gasteiger partial charge >= 0.3 is 0 Å². The monoisotopic (exact) mass is 263 g/mol. The van der Waals surface area contributed by atoms with Crippen LogP contribution in [0.4, 0.5) is 0 Å². The van der Waals surface area contributed by atoms with E-state index in [0.717, 1.165) is 12.0 Å². The summed E-state index contributed by atoms with van der Waals surface area (Å²) in [7, 11) is 0. The number of aliphatic hydroxyl groups is 1. The molecule has 4 heteroatoms. The van der Waals surface area contributed by atoms with Crippen LogP contribution in [0.2, 0.25) is 0 Å². The van der Waals surface area contributed by atoms with Gasteiger partial charge in [-0.25, -0.2) is 0 Å². The van der Waals surface area contributed by atoms with Crippen LogP contribution in [-0.4, -0.2) is 23.7 Å². The minimum Gasteiger partial charge on any atom is -0.395 e. The first-order chi connectivity index (χ1) is 8.54. The Morgan fingerprint density at radius 3 is 3.00 bits per heavy atom. The lowest BCUT2D eigenvalue weighted by Crippen LogP contribution is -2.28. The zero-order chi connectivity index (χ0) is 13.2. The van der Waals surface area contributed by atoms with Gasteiger partial charge in [0.25, 0.3) is 5.91 Å². The molecule has 0 saturated heterocycles. The average molecular weight is 263 g/mol. The fraction of sp³-hybridized carbons (Fsp3) is 0.500. The van der Waals surface area contributed by atoms with Crippen LogP contribution >= 0.6 is 11.3 Å². The van der Waals surface area contributed by atoms with E-state index in [1.807, 2.05) is 11.4 Å². The third-order valence-electron chi connectivity index (χ3n) is 3.15. The van der Waals surface area contributed by atoms with Gasteiger partial charge in [0.1, 0.15) is 4.88 Å². The molecular formula is C14H17NO2S. The Labute approximate surface area is 111 Å². The first-order valence-electron chi connectivity index (χ1n) is 6.02. The molecule has 1 aromatic heterocycles. The minimum absolute atomic E-state index is 0.0335. The molecule has 0 radical (unpaired) electrons. The summed E-state index contributed by atoms with van der Waals surface area (Å²) in [5.74, 6) is 5.74. The number of nitrogens with one attached hydrogen (secondary N) is 1. The van der Waals surface area contributed by atoms with E-state index < -0.39 is 0 Å². The molecule has 1 atom stereocenters. The average Bonchev–Trinajstić information content (AvgIpc) is 2.76. The van der Waals surface area contributed by atoms with E-state index in [1.165, 1.54) is 11.3 Å². The molecular weight excluding hydrogens is 246 g/mol. The second-order valence-electron chi connectivity index (χ2n) is 5.16. The van der Waals surface area contributed by atoms with Gasteiger partial charge in [0.2, 0.25) is 0 Å². The smallest absolute Gasteiger partial charge is 0.262 e. The largest absolute Gasteiger partial charge is 0.395 e. The third kappa shape index (κ3) is 2.92. The number of hydrogen-bond donors (Lipinski definition) is 2. The quantitative estimate of drug-likeness (QED) is 0.820. The van der Waals surface area contributed by atoms with E-state index in [0.29, 0.717) is 11.3 Å². The molecule has 2 N–H and O–H groups in total. The van der Waals surface area contributed by atoms with Gasteiger partial charge in [-0.15, -0.1) is 11.3 Å². The summed E-state index contributed by atoms with van der Waals surface area (Å²) in [6.07, 6.45) is 1.47. The highest BCUT2D eigenvalue weighted by Gasteiger charge is 2.46. The van der Waals surface area contributed by atoms with E-state index in [2.05, 4.69) is 31.0 Å². The fourth-order valence-electron chi connectivity index (χ4n) is 1.73. The molecule has 0 bridgehead atoms. The number of carbonyl (C=O) groups excluding carboxylic acids is 1. The Bertz CT molecular complexity index is 507. The molecule has 2 rings (SSSR count). The second kappa shape index (κ2) is 5.13. The highest BCUT2D eigenvalue weighted by Crippen LogP contribution is 2.44. The Kier molecular flexibility index (Phi) is 3.74. The van der Waals surface area contributed by atoms with Crippen LogP contribution in [0.15, 0.2) is 11.4 Å². The van der Waals surface area contributed by atoms with Crippen LogP contribution in [0, 0.1) is 17.3 Å². The molecule has 1 amide bonds. The minimum atomic E-state index is -0.0335. The van der Waals surface area contributed by atoms with Gasteiger partial charge in [0, 0.05) is 18.0 Å². The van der Waals surface area contributed by atoms with E-state index in [9.17, 15) is 4.79 Å². The van der Waals surface area contributed by atoms with Crippen molar-refractivity contribution >= 4 is 17.2 Å². The van der Waals surface area contributed by atoms with Crippen molar-refractivity contribution in [2.75, 3.05) is 6.61 Å². The normalized spacial score (nSPS) is 19.8. The van der Waals surface area contributed by atoms with Crippen LogP contribution in [0.5, 0.6) is 0 Å². The Morgan fingerprint density at radius 2 is 2.39 bits per heavy atom. The lowest BCUT2D eigenvalue weighted by molar-refractivity contribution is 0.0950. The SMILES string of the molecule is CC1(C)CC1NC(=O)c1sccc1C#CCCO. The molecule has 18 heavy (non-hydrogen) atoms. The van der Waals surface area contributed by atoms with E-state index in [4.69, 9.17) is 5.11 Å². The highest BCUT2D eigenvalue weighted by molar-refractivity contribution is 7.12. The third-order valence-corrected chi connectivity index (χ3v) is 4.06. The van der Waals surface area contributed by atoms with E-state index >= 15 is 0 Å². The molecule has 0 spiro atoms. The molecule has 1 aliphatic rings. The maximum absolute atomic E-state index is 12.1. The zero-order valence-corrected chi connectivity index (χ0v) is 11.4. The van der Waals surface area contributed by atoms with Crippen molar-refractivity contribution in [3.63, 3.8) is 0 Å². The number of aliphatic hydroxyl groups excluding tert-OH is 1. The van der Waals surface area contributed by atoms with Crippen LogP contribution in [-0.2, 0) is 0 Å². The predicted molar refractivity (Wildman–Crippen MR) is 72.6 cm³/mol. The Hall–Kier alpha value is -1.31. The van der Waals surface area contributed by atoms with Crippen molar-refractivity contribution in [2.45, 2.75) is 32.7 Å². The van der Waals surface area contributed by atoms with Gasteiger partial charge in [-0.1, -0.05) is 25.7 Å². The summed E-state index contributed by atoms with van der Waals surface area (Å²) in [6, 6.07) is 2.13. The maximum atomic E-state index is 12.1. The number of carbonyl (C=O) groups is 1. The number of amides is 1. The van der Waals surface area contributed by atoms with Crippen molar-refractivity contribution in [3.8, 4) is 11.8 Å². The second-order valence-corrected chi connectivity index (χ2v) is 6.07. The van der Waals surface area contributed by atoms with Crippen molar-refractivity contribution in [1.82, 2.24) is 5.32 Å². The number of rotatable bonds is 3. The molecule has 1 fully saturated rings. The summed E-state index contributed by atoms with van der Waals surface area (Å²) in [6.45, 7) is 4.34. The Balaban J connectivity index is 2.03. The topological polar surface area (TPSA) is 49.3 Å². The molecule has 3 nitrogen and oxygen atoms in total. The van der Waals surface area contributed by atoms with Gasteiger partial charge in [-0.05, 0) is 23.3 Å². The molecule has 1 unspecified atom stereocenters. The van der Waals surface area contributed by atoms with E-state index in [1.54, 1.807) is 0 Å². The molecule has 1 aliphatic carbocycles. The predicted octanol–water partition coefficient (Wildman–Crippen LogP) is 2.01. The molecule has 0 aromatic carbocycles. The standard InChI is InChI=1S/C14H17NO2S/c1-14(2)9-11(14)15-13(17)12-10(6-8-18-12)5-3-4-7-16/h6,8,11,16H,4,7,9H2,1-2H3,(H,15,17). The van der Waals surface area contributed by atoms with Crippen molar-refractivity contribution in [3.05, 3.63) is 21.9 Å². The lowest BCUT2D eigenvalue weighted by atomic mass is 10.2. The molecule has 96 valence electrons. The van der Waals surface area contributed by atoms with Gasteiger partial charge in [0.15, 0.2) is 0 Å². The Morgan fingerprint density at radius 1 is 1.67 bits per heavy atom.